The van der Waals surface area contributed by atoms with Crippen LogP contribution in [0.2, 0.25) is 0 Å². The second-order valence-electron chi connectivity index (χ2n) is 9.00. The van der Waals surface area contributed by atoms with E-state index in [-0.39, 0.29) is 5.69 Å². The third-order valence-electron chi connectivity index (χ3n) is 6.17. The molecule has 208 valence electrons. The van der Waals surface area contributed by atoms with Crippen LogP contribution < -0.4 is 14.8 Å². The van der Waals surface area contributed by atoms with Crippen molar-refractivity contribution >= 4 is 27.2 Å². The molecular weight excluding hydrogens is 540 g/mol. The van der Waals surface area contributed by atoms with Gasteiger partial charge in [0.1, 0.15) is 41.0 Å². The van der Waals surface area contributed by atoms with Gasteiger partial charge in [0.15, 0.2) is 0 Å². The Hall–Kier alpha value is -4.13. The topological polar surface area (TPSA) is 106 Å². The van der Waals surface area contributed by atoms with Gasteiger partial charge in [-0.1, -0.05) is 12.1 Å². The minimum absolute atomic E-state index is 0.211. The van der Waals surface area contributed by atoms with Crippen LogP contribution in [0.15, 0.2) is 84.0 Å². The molecule has 12 heteroatoms. The van der Waals surface area contributed by atoms with Crippen molar-refractivity contribution in [3.63, 3.8) is 0 Å². The first-order valence-electron chi connectivity index (χ1n) is 12.6. The third kappa shape index (κ3) is 7.08. The summed E-state index contributed by atoms with van der Waals surface area (Å²) in [4.78, 5) is 10.3. The number of hydrogen-bond acceptors (Lipinski definition) is 8. The maximum absolute atomic E-state index is 14.0. The van der Waals surface area contributed by atoms with Crippen LogP contribution in [0.25, 0.3) is 11.3 Å². The quantitative estimate of drug-likeness (QED) is 0.285. The van der Waals surface area contributed by atoms with Crippen molar-refractivity contribution in [1.82, 2.24) is 14.9 Å². The van der Waals surface area contributed by atoms with Crippen molar-refractivity contribution in [1.29, 1.82) is 0 Å². The van der Waals surface area contributed by atoms with Crippen LogP contribution in [-0.2, 0) is 14.8 Å². The first-order valence-corrected chi connectivity index (χ1v) is 14.0. The van der Waals surface area contributed by atoms with E-state index >= 15 is 0 Å². The first-order chi connectivity index (χ1) is 19.4. The standard InChI is InChI=1S/C28H27F2N5O4S/c29-21-4-9-27(25(30)17-21)40(36,37)34-23-7-5-22(6-8-23)33-28-18-26(31-19-32-28)20-2-1-3-24(16-20)39-15-12-35-10-13-38-14-11-35/h1-9,16-19,34H,10-15H2,(H,31,32,33). The van der Waals surface area contributed by atoms with Crippen LogP contribution in [0.3, 0.4) is 0 Å². The highest BCUT2D eigenvalue weighted by Crippen LogP contribution is 2.26. The Bertz CT molecular complexity index is 1570. The Morgan fingerprint density at radius 3 is 2.48 bits per heavy atom. The number of nitrogens with zero attached hydrogens (tertiary/aromatic N) is 3. The largest absolute Gasteiger partial charge is 0.492 e. The number of benzene rings is 3. The number of sulfonamides is 1. The van der Waals surface area contributed by atoms with E-state index in [4.69, 9.17) is 9.47 Å². The summed E-state index contributed by atoms with van der Waals surface area (Å²) < 4.78 is 65.8. The molecule has 1 aliphatic rings. The van der Waals surface area contributed by atoms with Gasteiger partial charge >= 0.3 is 0 Å². The number of rotatable bonds is 10. The minimum Gasteiger partial charge on any atom is -0.492 e. The van der Waals surface area contributed by atoms with Crippen molar-refractivity contribution in [2.24, 2.45) is 0 Å². The third-order valence-corrected chi connectivity index (χ3v) is 7.58. The zero-order valence-corrected chi connectivity index (χ0v) is 22.2. The summed E-state index contributed by atoms with van der Waals surface area (Å²) in [6, 6.07) is 18.1. The van der Waals surface area contributed by atoms with Gasteiger partial charge in [0.25, 0.3) is 10.0 Å². The smallest absolute Gasteiger partial charge is 0.264 e. The van der Waals surface area contributed by atoms with E-state index in [1.165, 1.54) is 18.5 Å². The van der Waals surface area contributed by atoms with Crippen molar-refractivity contribution in [3.05, 3.63) is 90.8 Å². The summed E-state index contributed by atoms with van der Waals surface area (Å²) >= 11 is 0. The highest BCUT2D eigenvalue weighted by Gasteiger charge is 2.19. The SMILES string of the molecule is O=S(=O)(Nc1ccc(Nc2cc(-c3cccc(OCCN4CCOCC4)c3)ncn2)cc1)c1ccc(F)cc1F. The molecule has 1 aliphatic heterocycles. The van der Waals surface area contributed by atoms with Gasteiger partial charge in [-0.3, -0.25) is 9.62 Å². The molecule has 0 amide bonds. The van der Waals surface area contributed by atoms with E-state index in [1.54, 1.807) is 18.2 Å². The fraction of sp³-hybridized carbons (Fsp3) is 0.214. The molecule has 5 rings (SSSR count). The normalized spacial score (nSPS) is 14.1. The van der Waals surface area contributed by atoms with Gasteiger partial charge in [0.05, 0.1) is 18.9 Å². The zero-order chi connectivity index (χ0) is 28.0. The average molecular weight is 568 g/mol. The second-order valence-corrected chi connectivity index (χ2v) is 10.7. The Kier molecular flexibility index (Phi) is 8.48. The number of nitrogens with one attached hydrogen (secondary N) is 2. The predicted molar refractivity (Wildman–Crippen MR) is 147 cm³/mol. The number of morpholine rings is 1. The van der Waals surface area contributed by atoms with Gasteiger partial charge in [-0.2, -0.15) is 0 Å². The highest BCUT2D eigenvalue weighted by molar-refractivity contribution is 7.92. The van der Waals surface area contributed by atoms with Crippen molar-refractivity contribution in [2.45, 2.75) is 4.90 Å². The number of aromatic nitrogens is 2. The van der Waals surface area contributed by atoms with Crippen LogP contribution in [0.5, 0.6) is 5.75 Å². The molecule has 1 aromatic heterocycles. The number of halogens is 2. The molecule has 3 aromatic carbocycles. The number of ether oxygens (including phenoxy) is 2. The molecular formula is C28H27F2N5O4S. The minimum atomic E-state index is -4.23. The van der Waals surface area contributed by atoms with Gasteiger partial charge in [-0.05, 0) is 48.5 Å². The Morgan fingerprint density at radius 1 is 0.925 bits per heavy atom. The zero-order valence-electron chi connectivity index (χ0n) is 21.4. The molecule has 2 N–H and O–H groups in total. The molecule has 40 heavy (non-hydrogen) atoms. The van der Waals surface area contributed by atoms with Crippen LogP contribution in [0.1, 0.15) is 0 Å². The Labute approximate surface area is 230 Å². The second kappa shape index (κ2) is 12.4. The van der Waals surface area contributed by atoms with Crippen molar-refractivity contribution < 1.29 is 26.7 Å². The fourth-order valence-corrected chi connectivity index (χ4v) is 5.24. The predicted octanol–water partition coefficient (Wildman–Crippen LogP) is 4.68. The molecule has 0 radical (unpaired) electrons. The lowest BCUT2D eigenvalue weighted by atomic mass is 10.1. The van der Waals surface area contributed by atoms with E-state index in [0.717, 1.165) is 56.3 Å². The summed E-state index contributed by atoms with van der Waals surface area (Å²) in [5, 5.41) is 3.16. The molecule has 1 fully saturated rings. The lowest BCUT2D eigenvalue weighted by Gasteiger charge is -2.26. The van der Waals surface area contributed by atoms with Crippen LogP contribution >= 0.6 is 0 Å². The molecule has 0 atom stereocenters. The van der Waals surface area contributed by atoms with Crippen LogP contribution in [0, 0.1) is 11.6 Å². The fourth-order valence-electron chi connectivity index (χ4n) is 4.12. The molecule has 9 nitrogen and oxygen atoms in total. The first kappa shape index (κ1) is 27.4. The van der Waals surface area contributed by atoms with Gasteiger partial charge in [0, 0.05) is 48.7 Å². The number of anilines is 3. The monoisotopic (exact) mass is 567 g/mol. The summed E-state index contributed by atoms with van der Waals surface area (Å²) in [5.41, 5.74) is 2.41. The van der Waals surface area contributed by atoms with Crippen molar-refractivity contribution in [3.8, 4) is 17.0 Å². The Morgan fingerprint density at radius 2 is 1.70 bits per heavy atom. The van der Waals surface area contributed by atoms with Gasteiger partial charge in [-0.15, -0.1) is 0 Å². The molecule has 0 unspecified atom stereocenters. The van der Waals surface area contributed by atoms with Gasteiger partial charge in [-0.25, -0.2) is 27.2 Å². The van der Waals surface area contributed by atoms with E-state index in [1.807, 2.05) is 24.3 Å². The lowest BCUT2D eigenvalue weighted by Crippen LogP contribution is -2.38. The molecule has 4 aromatic rings. The summed E-state index contributed by atoms with van der Waals surface area (Å²) in [7, 11) is -4.23. The average Bonchev–Trinajstić information content (AvgIpc) is 2.95. The summed E-state index contributed by atoms with van der Waals surface area (Å²) in [5.74, 6) is -0.751. The van der Waals surface area contributed by atoms with E-state index in [2.05, 4.69) is 24.9 Å². The molecule has 0 saturated carbocycles. The van der Waals surface area contributed by atoms with Gasteiger partial charge in [0.2, 0.25) is 0 Å². The van der Waals surface area contributed by atoms with Crippen LogP contribution in [-0.4, -0.2) is 62.7 Å². The molecule has 1 saturated heterocycles. The molecule has 0 aliphatic carbocycles. The number of hydrogen-bond donors (Lipinski definition) is 2. The molecule has 2 heterocycles. The van der Waals surface area contributed by atoms with E-state index in [9.17, 15) is 17.2 Å². The lowest BCUT2D eigenvalue weighted by molar-refractivity contribution is 0.0322. The van der Waals surface area contributed by atoms with Crippen LogP contribution in [0.4, 0.5) is 26.0 Å². The van der Waals surface area contributed by atoms with Gasteiger partial charge < -0.3 is 14.8 Å². The van der Waals surface area contributed by atoms with Crippen molar-refractivity contribution in [2.75, 3.05) is 49.5 Å². The molecule has 0 bridgehead atoms. The maximum atomic E-state index is 14.0. The van der Waals surface area contributed by atoms with E-state index in [0.29, 0.717) is 29.9 Å². The highest BCUT2D eigenvalue weighted by atomic mass is 32.2. The van der Waals surface area contributed by atoms with E-state index < -0.39 is 26.6 Å². The summed E-state index contributed by atoms with van der Waals surface area (Å²) in [6.07, 6.45) is 1.45. The summed E-state index contributed by atoms with van der Waals surface area (Å²) in [6.45, 7) is 4.73. The molecule has 0 spiro atoms. The maximum Gasteiger partial charge on any atom is 0.264 e. The Balaban J connectivity index is 1.21.